The van der Waals surface area contributed by atoms with Crippen LogP contribution >= 0.6 is 12.4 Å². The van der Waals surface area contributed by atoms with E-state index in [2.05, 4.69) is 11.9 Å². The average molecular weight is 301 g/mol. The summed E-state index contributed by atoms with van der Waals surface area (Å²) in [6, 6.07) is 5.05. The van der Waals surface area contributed by atoms with Crippen molar-refractivity contribution in [3.05, 3.63) is 36.4 Å². The second-order valence-electron chi connectivity index (χ2n) is 3.86. The molecule has 0 fully saturated rings. The molecule has 20 heavy (non-hydrogen) atoms. The highest BCUT2D eigenvalue weighted by Crippen LogP contribution is 2.28. The molecule has 0 aromatic heterocycles. The zero-order valence-corrected chi connectivity index (χ0v) is 12.4. The van der Waals surface area contributed by atoms with Crippen molar-refractivity contribution in [3.8, 4) is 11.5 Å². The predicted molar refractivity (Wildman–Crippen MR) is 81.9 cm³/mol. The van der Waals surface area contributed by atoms with Gasteiger partial charge >= 0.3 is 0 Å². The maximum atomic E-state index is 11.8. The topological polar surface area (TPSA) is 73.6 Å². The molecular formula is C14H21ClN2O3. The van der Waals surface area contributed by atoms with Gasteiger partial charge in [0, 0.05) is 12.1 Å². The molecule has 1 rings (SSSR count). The molecule has 1 aromatic carbocycles. The Morgan fingerprint density at radius 3 is 2.80 bits per heavy atom. The standard InChI is InChI=1S/C14H20N2O3.ClH/c1-3-9-19-12-6-5-11(10-13(12)18-2)14(17)16-8-4-7-15;/h3,5-6,10H,1,4,7-9,15H2,2H3,(H,16,17);1H. The Kier molecular flexibility index (Phi) is 9.24. The van der Waals surface area contributed by atoms with E-state index in [1.165, 1.54) is 7.11 Å². The van der Waals surface area contributed by atoms with E-state index in [1.807, 2.05) is 0 Å². The van der Waals surface area contributed by atoms with Gasteiger partial charge in [-0.3, -0.25) is 4.79 Å². The Balaban J connectivity index is 0.00000361. The molecule has 3 N–H and O–H groups in total. The number of methoxy groups -OCH3 is 1. The summed E-state index contributed by atoms with van der Waals surface area (Å²) in [7, 11) is 1.53. The van der Waals surface area contributed by atoms with Crippen molar-refractivity contribution in [2.75, 3.05) is 26.8 Å². The van der Waals surface area contributed by atoms with Crippen molar-refractivity contribution in [1.29, 1.82) is 0 Å². The Morgan fingerprint density at radius 2 is 2.20 bits per heavy atom. The second kappa shape index (κ2) is 10.1. The first-order valence-electron chi connectivity index (χ1n) is 6.13. The molecule has 0 saturated heterocycles. The van der Waals surface area contributed by atoms with E-state index in [-0.39, 0.29) is 18.3 Å². The highest BCUT2D eigenvalue weighted by Gasteiger charge is 2.10. The van der Waals surface area contributed by atoms with E-state index in [1.54, 1.807) is 24.3 Å². The first-order chi connectivity index (χ1) is 9.22. The summed E-state index contributed by atoms with van der Waals surface area (Å²) in [5.41, 5.74) is 5.90. The van der Waals surface area contributed by atoms with Crippen LogP contribution in [0.25, 0.3) is 0 Å². The van der Waals surface area contributed by atoms with Crippen LogP contribution in [-0.2, 0) is 0 Å². The van der Waals surface area contributed by atoms with Crippen LogP contribution < -0.4 is 20.5 Å². The molecule has 112 valence electrons. The lowest BCUT2D eigenvalue weighted by Crippen LogP contribution is -2.25. The van der Waals surface area contributed by atoms with Crippen LogP contribution in [-0.4, -0.2) is 32.7 Å². The number of carbonyl (C=O) groups is 1. The number of halogens is 1. The lowest BCUT2D eigenvalue weighted by Gasteiger charge is -2.11. The van der Waals surface area contributed by atoms with Crippen LogP contribution in [0.2, 0.25) is 0 Å². The van der Waals surface area contributed by atoms with Crippen molar-refractivity contribution < 1.29 is 14.3 Å². The van der Waals surface area contributed by atoms with Crippen molar-refractivity contribution in [2.24, 2.45) is 5.73 Å². The Labute approximate surface area is 125 Å². The Bertz CT molecular complexity index is 438. The molecular weight excluding hydrogens is 280 g/mol. The van der Waals surface area contributed by atoms with Gasteiger partial charge in [-0.15, -0.1) is 12.4 Å². The van der Waals surface area contributed by atoms with E-state index in [4.69, 9.17) is 15.2 Å². The molecule has 0 radical (unpaired) electrons. The summed E-state index contributed by atoms with van der Waals surface area (Å²) < 4.78 is 10.6. The Hall–Kier alpha value is -1.72. The highest BCUT2D eigenvalue weighted by molar-refractivity contribution is 5.94. The number of nitrogens with one attached hydrogen (secondary N) is 1. The molecule has 0 unspecified atom stereocenters. The van der Waals surface area contributed by atoms with Gasteiger partial charge in [0.1, 0.15) is 6.61 Å². The quantitative estimate of drug-likeness (QED) is 0.567. The minimum atomic E-state index is -0.151. The molecule has 0 aliphatic rings. The summed E-state index contributed by atoms with van der Waals surface area (Å²) in [4.78, 5) is 11.8. The number of rotatable bonds is 8. The van der Waals surface area contributed by atoms with Crippen molar-refractivity contribution >= 4 is 18.3 Å². The number of benzene rings is 1. The fraction of sp³-hybridized carbons (Fsp3) is 0.357. The van der Waals surface area contributed by atoms with Crippen molar-refractivity contribution in [3.63, 3.8) is 0 Å². The van der Waals surface area contributed by atoms with Crippen molar-refractivity contribution in [2.45, 2.75) is 6.42 Å². The van der Waals surface area contributed by atoms with Crippen LogP contribution in [0.1, 0.15) is 16.8 Å². The van der Waals surface area contributed by atoms with Crippen LogP contribution in [0.4, 0.5) is 0 Å². The largest absolute Gasteiger partial charge is 0.493 e. The number of hydrogen-bond donors (Lipinski definition) is 2. The lowest BCUT2D eigenvalue weighted by atomic mass is 10.2. The summed E-state index contributed by atoms with van der Waals surface area (Å²) in [6.45, 7) is 5.08. The minimum absolute atomic E-state index is 0. The molecule has 5 nitrogen and oxygen atoms in total. The second-order valence-corrected chi connectivity index (χ2v) is 3.86. The molecule has 0 atom stereocenters. The third-order valence-corrected chi connectivity index (χ3v) is 2.45. The smallest absolute Gasteiger partial charge is 0.251 e. The lowest BCUT2D eigenvalue weighted by molar-refractivity contribution is 0.0953. The molecule has 1 amide bonds. The van der Waals surface area contributed by atoms with E-state index >= 15 is 0 Å². The zero-order chi connectivity index (χ0) is 14.1. The maximum Gasteiger partial charge on any atom is 0.251 e. The molecule has 0 spiro atoms. The number of carbonyl (C=O) groups excluding carboxylic acids is 1. The summed E-state index contributed by atoms with van der Waals surface area (Å²) >= 11 is 0. The van der Waals surface area contributed by atoms with Gasteiger partial charge in [-0.1, -0.05) is 12.7 Å². The van der Waals surface area contributed by atoms with Gasteiger partial charge in [-0.25, -0.2) is 0 Å². The van der Waals surface area contributed by atoms with E-state index in [0.717, 1.165) is 6.42 Å². The predicted octanol–water partition coefficient (Wildman–Crippen LogP) is 1.76. The monoisotopic (exact) mass is 300 g/mol. The molecule has 0 aliphatic carbocycles. The molecule has 1 aromatic rings. The first-order valence-corrected chi connectivity index (χ1v) is 6.13. The van der Waals surface area contributed by atoms with Gasteiger partial charge in [0.25, 0.3) is 5.91 Å². The molecule has 6 heteroatoms. The fourth-order valence-corrected chi connectivity index (χ4v) is 1.48. The van der Waals surface area contributed by atoms with Gasteiger partial charge in [0.2, 0.25) is 0 Å². The van der Waals surface area contributed by atoms with E-state index in [0.29, 0.717) is 36.8 Å². The third kappa shape index (κ3) is 5.50. The first kappa shape index (κ1) is 18.3. The van der Waals surface area contributed by atoms with Crippen LogP contribution in [0, 0.1) is 0 Å². The third-order valence-electron chi connectivity index (χ3n) is 2.45. The van der Waals surface area contributed by atoms with Gasteiger partial charge in [0.05, 0.1) is 7.11 Å². The average Bonchev–Trinajstić information content (AvgIpc) is 2.45. The molecule has 0 bridgehead atoms. The number of hydrogen-bond acceptors (Lipinski definition) is 4. The SMILES string of the molecule is C=CCOc1ccc(C(=O)NCCCN)cc1OC.Cl. The summed E-state index contributed by atoms with van der Waals surface area (Å²) in [5.74, 6) is 0.955. The minimum Gasteiger partial charge on any atom is -0.493 e. The van der Waals surface area contributed by atoms with Crippen molar-refractivity contribution in [1.82, 2.24) is 5.32 Å². The molecule has 0 aliphatic heterocycles. The van der Waals surface area contributed by atoms with Gasteiger partial charge in [-0.2, -0.15) is 0 Å². The normalized spacial score (nSPS) is 9.30. The van der Waals surface area contributed by atoms with Gasteiger partial charge < -0.3 is 20.5 Å². The fourth-order valence-electron chi connectivity index (χ4n) is 1.48. The van der Waals surface area contributed by atoms with Crippen LogP contribution in [0.15, 0.2) is 30.9 Å². The maximum absolute atomic E-state index is 11.8. The van der Waals surface area contributed by atoms with Crippen LogP contribution in [0.3, 0.4) is 0 Å². The van der Waals surface area contributed by atoms with Crippen LogP contribution in [0.5, 0.6) is 11.5 Å². The molecule has 0 heterocycles. The Morgan fingerprint density at radius 1 is 1.45 bits per heavy atom. The highest BCUT2D eigenvalue weighted by atomic mass is 35.5. The zero-order valence-electron chi connectivity index (χ0n) is 11.6. The summed E-state index contributed by atoms with van der Waals surface area (Å²) in [6.07, 6.45) is 2.40. The van der Waals surface area contributed by atoms with Gasteiger partial charge in [-0.05, 0) is 31.2 Å². The number of ether oxygens (including phenoxy) is 2. The van der Waals surface area contributed by atoms with E-state index in [9.17, 15) is 4.79 Å². The molecule has 0 saturated carbocycles. The number of amides is 1. The number of nitrogens with two attached hydrogens (primary N) is 1. The van der Waals surface area contributed by atoms with E-state index < -0.39 is 0 Å². The van der Waals surface area contributed by atoms with Gasteiger partial charge in [0.15, 0.2) is 11.5 Å². The summed E-state index contributed by atoms with van der Waals surface area (Å²) in [5, 5.41) is 2.78.